The lowest BCUT2D eigenvalue weighted by molar-refractivity contribution is 0.467. The number of hydrogen-bond donors (Lipinski definition) is 1. The van der Waals surface area contributed by atoms with Crippen molar-refractivity contribution in [3.63, 3.8) is 0 Å². The molecule has 0 aromatic heterocycles. The summed E-state index contributed by atoms with van der Waals surface area (Å²) >= 11 is 3.26. The Morgan fingerprint density at radius 2 is 1.76 bits per heavy atom. The average Bonchev–Trinajstić information content (AvgIpc) is 2.44. The van der Waals surface area contributed by atoms with E-state index >= 15 is 0 Å². The maximum Gasteiger partial charge on any atom is 0.243 e. The minimum Gasteiger partial charge on any atom is -0.398 e. The van der Waals surface area contributed by atoms with Gasteiger partial charge in [0.2, 0.25) is 10.0 Å². The first-order chi connectivity index (χ1) is 9.80. The summed E-state index contributed by atoms with van der Waals surface area (Å²) < 4.78 is 27.0. The van der Waals surface area contributed by atoms with Gasteiger partial charge in [0.25, 0.3) is 0 Å². The summed E-state index contributed by atoms with van der Waals surface area (Å²) in [7, 11) is -1.99. The van der Waals surface area contributed by atoms with Crippen LogP contribution < -0.4 is 5.73 Å². The molecule has 21 heavy (non-hydrogen) atoms. The van der Waals surface area contributed by atoms with Crippen molar-refractivity contribution < 1.29 is 8.42 Å². The first-order valence-corrected chi connectivity index (χ1v) is 8.61. The highest BCUT2D eigenvalue weighted by atomic mass is 79.9. The molecule has 0 amide bonds. The predicted molar refractivity (Wildman–Crippen MR) is 88.4 cm³/mol. The van der Waals surface area contributed by atoms with Crippen LogP contribution in [0.3, 0.4) is 0 Å². The molecule has 0 radical (unpaired) electrons. The van der Waals surface area contributed by atoms with Crippen LogP contribution in [0.15, 0.2) is 51.8 Å². The van der Waals surface area contributed by atoms with E-state index in [2.05, 4.69) is 15.9 Å². The normalized spacial score (nSPS) is 11.8. The summed E-state index contributed by atoms with van der Waals surface area (Å²) in [4.78, 5) is 0.192. The molecule has 0 aliphatic carbocycles. The SMILES string of the molecule is Cc1ccc(CN(C)S(=O)(=O)c2ccc(Br)c(N)c2)cc1. The summed E-state index contributed by atoms with van der Waals surface area (Å²) in [5.74, 6) is 0. The Kier molecular flexibility index (Phi) is 4.70. The van der Waals surface area contributed by atoms with E-state index in [0.717, 1.165) is 11.1 Å². The van der Waals surface area contributed by atoms with E-state index in [9.17, 15) is 8.42 Å². The van der Waals surface area contributed by atoms with Crippen LogP contribution in [0.25, 0.3) is 0 Å². The van der Waals surface area contributed by atoms with Crippen LogP contribution in [0.2, 0.25) is 0 Å². The van der Waals surface area contributed by atoms with Gasteiger partial charge in [-0.1, -0.05) is 29.8 Å². The van der Waals surface area contributed by atoms with Gasteiger partial charge in [0.1, 0.15) is 0 Å². The maximum absolute atomic E-state index is 12.5. The fourth-order valence-electron chi connectivity index (χ4n) is 1.90. The summed E-state index contributed by atoms with van der Waals surface area (Å²) in [6, 6.07) is 12.4. The number of anilines is 1. The van der Waals surface area contributed by atoms with Crippen LogP contribution in [-0.2, 0) is 16.6 Å². The van der Waals surface area contributed by atoms with E-state index in [4.69, 9.17) is 5.73 Å². The van der Waals surface area contributed by atoms with Crippen LogP contribution >= 0.6 is 15.9 Å². The zero-order valence-corrected chi connectivity index (χ0v) is 14.3. The monoisotopic (exact) mass is 368 g/mol. The molecule has 0 heterocycles. The van der Waals surface area contributed by atoms with Crippen molar-refractivity contribution in [2.45, 2.75) is 18.4 Å². The highest BCUT2D eigenvalue weighted by Gasteiger charge is 2.21. The second-order valence-electron chi connectivity index (χ2n) is 4.93. The van der Waals surface area contributed by atoms with Crippen molar-refractivity contribution in [1.82, 2.24) is 4.31 Å². The molecule has 0 saturated carbocycles. The molecular weight excluding hydrogens is 352 g/mol. The van der Waals surface area contributed by atoms with Crippen LogP contribution in [0.1, 0.15) is 11.1 Å². The van der Waals surface area contributed by atoms with Crippen molar-refractivity contribution in [1.29, 1.82) is 0 Å². The summed E-state index contributed by atoms with van der Waals surface area (Å²) in [6.07, 6.45) is 0. The third-order valence-electron chi connectivity index (χ3n) is 3.20. The van der Waals surface area contributed by atoms with Gasteiger partial charge < -0.3 is 5.73 Å². The van der Waals surface area contributed by atoms with E-state index in [0.29, 0.717) is 16.7 Å². The number of benzene rings is 2. The topological polar surface area (TPSA) is 63.4 Å². The lowest BCUT2D eigenvalue weighted by atomic mass is 10.1. The molecule has 0 aliphatic heterocycles. The number of hydrogen-bond acceptors (Lipinski definition) is 3. The lowest BCUT2D eigenvalue weighted by Gasteiger charge is -2.18. The molecule has 0 bridgehead atoms. The van der Waals surface area contributed by atoms with Crippen LogP contribution in [0.5, 0.6) is 0 Å². The van der Waals surface area contributed by atoms with Gasteiger partial charge >= 0.3 is 0 Å². The van der Waals surface area contributed by atoms with E-state index in [1.807, 2.05) is 31.2 Å². The van der Waals surface area contributed by atoms with Gasteiger partial charge in [-0.2, -0.15) is 4.31 Å². The van der Waals surface area contributed by atoms with Gasteiger partial charge in [0, 0.05) is 23.8 Å². The number of aryl methyl sites for hydroxylation is 1. The fraction of sp³-hybridized carbons (Fsp3) is 0.200. The van der Waals surface area contributed by atoms with Crippen molar-refractivity contribution >= 4 is 31.6 Å². The zero-order valence-electron chi connectivity index (χ0n) is 11.9. The molecular formula is C15H17BrN2O2S. The third-order valence-corrected chi connectivity index (χ3v) is 5.72. The zero-order chi connectivity index (χ0) is 15.6. The van der Waals surface area contributed by atoms with Crippen LogP contribution in [0, 0.1) is 6.92 Å². The number of rotatable bonds is 4. The van der Waals surface area contributed by atoms with E-state index in [-0.39, 0.29) is 4.90 Å². The summed E-state index contributed by atoms with van der Waals surface area (Å²) in [6.45, 7) is 2.31. The molecule has 112 valence electrons. The molecule has 2 aromatic rings. The van der Waals surface area contributed by atoms with E-state index in [1.165, 1.54) is 10.4 Å². The Morgan fingerprint density at radius 1 is 1.14 bits per heavy atom. The third kappa shape index (κ3) is 3.64. The highest BCUT2D eigenvalue weighted by Crippen LogP contribution is 2.25. The van der Waals surface area contributed by atoms with Crippen LogP contribution in [-0.4, -0.2) is 19.8 Å². The smallest absolute Gasteiger partial charge is 0.243 e. The molecule has 6 heteroatoms. The molecule has 0 atom stereocenters. The Balaban J connectivity index is 2.25. The molecule has 2 N–H and O–H groups in total. The molecule has 0 spiro atoms. The number of nitrogens with two attached hydrogens (primary N) is 1. The molecule has 2 aromatic carbocycles. The Labute approximate surface area is 133 Å². The quantitative estimate of drug-likeness (QED) is 0.842. The van der Waals surface area contributed by atoms with Gasteiger partial charge in [-0.15, -0.1) is 0 Å². The Bertz CT molecular complexity index is 743. The van der Waals surface area contributed by atoms with E-state index < -0.39 is 10.0 Å². The predicted octanol–water partition coefficient (Wildman–Crippen LogP) is 3.16. The molecule has 0 fully saturated rings. The van der Waals surface area contributed by atoms with Gasteiger partial charge in [0.15, 0.2) is 0 Å². The van der Waals surface area contributed by atoms with Gasteiger partial charge in [-0.25, -0.2) is 8.42 Å². The highest BCUT2D eigenvalue weighted by molar-refractivity contribution is 9.10. The first kappa shape index (κ1) is 16.0. The average molecular weight is 369 g/mol. The molecule has 0 aliphatic rings. The summed E-state index contributed by atoms with van der Waals surface area (Å²) in [5.41, 5.74) is 8.24. The second kappa shape index (κ2) is 6.17. The minimum atomic E-state index is -3.55. The van der Waals surface area contributed by atoms with Gasteiger partial charge in [0.05, 0.1) is 4.90 Å². The first-order valence-electron chi connectivity index (χ1n) is 6.37. The number of halogens is 1. The number of sulfonamides is 1. The summed E-state index contributed by atoms with van der Waals surface area (Å²) in [5, 5.41) is 0. The standard InChI is InChI=1S/C15H17BrN2O2S/c1-11-3-5-12(6-4-11)10-18(2)21(19,20)13-7-8-14(16)15(17)9-13/h3-9H,10,17H2,1-2H3. The van der Waals surface area contributed by atoms with Gasteiger partial charge in [-0.05, 0) is 46.6 Å². The van der Waals surface area contributed by atoms with E-state index in [1.54, 1.807) is 19.2 Å². The molecule has 4 nitrogen and oxygen atoms in total. The van der Waals surface area contributed by atoms with Crippen LogP contribution in [0.4, 0.5) is 5.69 Å². The Morgan fingerprint density at radius 3 is 2.33 bits per heavy atom. The lowest BCUT2D eigenvalue weighted by Crippen LogP contribution is -2.26. The fourth-order valence-corrected chi connectivity index (χ4v) is 3.34. The largest absolute Gasteiger partial charge is 0.398 e. The minimum absolute atomic E-state index is 0.192. The molecule has 2 rings (SSSR count). The second-order valence-corrected chi connectivity index (χ2v) is 7.83. The van der Waals surface area contributed by atoms with Gasteiger partial charge in [-0.3, -0.25) is 0 Å². The molecule has 0 saturated heterocycles. The number of nitrogen functional groups attached to an aromatic ring is 1. The van der Waals surface area contributed by atoms with Crippen molar-refractivity contribution in [2.24, 2.45) is 0 Å². The van der Waals surface area contributed by atoms with Crippen molar-refractivity contribution in [2.75, 3.05) is 12.8 Å². The maximum atomic E-state index is 12.5. The molecule has 0 unspecified atom stereocenters. The van der Waals surface area contributed by atoms with Crippen molar-refractivity contribution in [3.8, 4) is 0 Å². The number of nitrogens with zero attached hydrogens (tertiary/aromatic N) is 1. The Hall–Kier alpha value is -1.37. The van der Waals surface area contributed by atoms with Crippen molar-refractivity contribution in [3.05, 3.63) is 58.1 Å².